The molecule has 0 aromatic carbocycles. The molecule has 0 spiro atoms. The molecule has 3 rings (SSSR count). The van der Waals surface area contributed by atoms with Gasteiger partial charge in [0.1, 0.15) is 11.9 Å². The van der Waals surface area contributed by atoms with Gasteiger partial charge in [-0.05, 0) is 46.6 Å². The van der Waals surface area contributed by atoms with Crippen LogP contribution in [0.5, 0.6) is 0 Å². The van der Waals surface area contributed by atoms with Crippen LogP contribution < -0.4 is 10.8 Å². The average Bonchev–Trinajstić information content (AvgIpc) is 3.25. The van der Waals surface area contributed by atoms with Gasteiger partial charge >= 0.3 is 7.12 Å². The molecular weight excluding hydrogens is 381 g/mol. The van der Waals surface area contributed by atoms with Crippen LogP contribution in [0.15, 0.2) is 43.1 Å². The number of likely N-dealkylation sites (tertiary alicyclic amines) is 1. The molecular formula is C22H30BN3O4. The first kappa shape index (κ1) is 22.2. The van der Waals surface area contributed by atoms with Gasteiger partial charge in [-0.25, -0.2) is 4.98 Å². The van der Waals surface area contributed by atoms with E-state index in [9.17, 15) is 9.59 Å². The smallest absolute Gasteiger partial charge is 0.399 e. The third-order valence-electron chi connectivity index (χ3n) is 6.00. The Hall–Kier alpha value is -2.45. The number of pyridine rings is 1. The van der Waals surface area contributed by atoms with E-state index in [2.05, 4.69) is 16.9 Å². The second-order valence-corrected chi connectivity index (χ2v) is 8.67. The van der Waals surface area contributed by atoms with Crippen LogP contribution in [0.2, 0.25) is 0 Å². The molecule has 2 fully saturated rings. The van der Waals surface area contributed by atoms with E-state index in [0.717, 1.165) is 11.9 Å². The molecule has 1 aromatic rings. The van der Waals surface area contributed by atoms with E-state index in [4.69, 9.17) is 9.31 Å². The van der Waals surface area contributed by atoms with Crippen molar-refractivity contribution in [1.82, 2.24) is 9.88 Å². The quantitative estimate of drug-likeness (QED) is 0.575. The highest BCUT2D eigenvalue weighted by molar-refractivity contribution is 6.62. The Morgan fingerprint density at radius 1 is 1.30 bits per heavy atom. The molecule has 3 heterocycles. The molecule has 2 aliphatic rings. The molecule has 0 saturated carbocycles. The summed E-state index contributed by atoms with van der Waals surface area (Å²) in [6.45, 7) is 12.2. The molecule has 1 unspecified atom stereocenters. The molecule has 2 aliphatic heterocycles. The minimum absolute atomic E-state index is 0.0604. The Morgan fingerprint density at radius 2 is 2.00 bits per heavy atom. The number of nitrogens with zero attached hydrogens (tertiary/aromatic N) is 2. The summed E-state index contributed by atoms with van der Waals surface area (Å²) < 4.78 is 12.1. The number of hydrogen-bond acceptors (Lipinski definition) is 5. The Bertz CT molecular complexity index is 819. The molecule has 0 aliphatic carbocycles. The van der Waals surface area contributed by atoms with Crippen LogP contribution in [-0.2, 0) is 18.9 Å². The molecule has 2 saturated heterocycles. The Kier molecular flexibility index (Phi) is 6.48. The molecule has 1 aromatic heterocycles. The number of rotatable bonds is 6. The first-order valence-corrected chi connectivity index (χ1v) is 10.3. The van der Waals surface area contributed by atoms with Crippen molar-refractivity contribution >= 4 is 30.2 Å². The predicted molar refractivity (Wildman–Crippen MR) is 117 cm³/mol. The Labute approximate surface area is 178 Å². The number of allylic oxidation sites excluding steroid dienone is 2. The molecule has 8 heteroatoms. The third-order valence-corrected chi connectivity index (χ3v) is 6.00. The molecule has 1 atom stereocenters. The van der Waals surface area contributed by atoms with E-state index in [1.54, 1.807) is 35.4 Å². The van der Waals surface area contributed by atoms with Gasteiger partial charge in [0.15, 0.2) is 0 Å². The first-order chi connectivity index (χ1) is 14.1. The number of amides is 2. The molecule has 7 nitrogen and oxygen atoms in total. The van der Waals surface area contributed by atoms with Gasteiger partial charge in [0.2, 0.25) is 11.8 Å². The maximum atomic E-state index is 12.7. The van der Waals surface area contributed by atoms with Crippen molar-refractivity contribution in [2.75, 3.05) is 11.9 Å². The van der Waals surface area contributed by atoms with Gasteiger partial charge in [-0.3, -0.25) is 9.59 Å². The van der Waals surface area contributed by atoms with Gasteiger partial charge < -0.3 is 19.5 Å². The third kappa shape index (κ3) is 4.65. The number of carbonyl (C=O) groups excluding carboxylic acids is 2. The van der Waals surface area contributed by atoms with Crippen molar-refractivity contribution < 1.29 is 18.9 Å². The topological polar surface area (TPSA) is 80.8 Å². The van der Waals surface area contributed by atoms with Crippen molar-refractivity contribution in [3.8, 4) is 0 Å². The minimum Gasteiger partial charge on any atom is -0.399 e. The summed E-state index contributed by atoms with van der Waals surface area (Å²) in [7, 11) is -0.501. The van der Waals surface area contributed by atoms with E-state index in [-0.39, 0.29) is 18.2 Å². The van der Waals surface area contributed by atoms with Crippen LogP contribution in [0.4, 0.5) is 5.82 Å². The van der Waals surface area contributed by atoms with Crippen LogP contribution in [0.3, 0.4) is 0 Å². The van der Waals surface area contributed by atoms with Crippen molar-refractivity contribution in [3.05, 3.63) is 43.1 Å². The Morgan fingerprint density at radius 3 is 2.60 bits per heavy atom. The standard InChI is InChI=1S/C22H30BN3O4/c1-6-7-8-11-19(27)26-14-9-10-17(26)20(28)25-18-13-12-16(15-24-18)23-29-21(2,3)22(4,5)30-23/h6-8,12-13,15,17H,1,9-11,14H2,2-5H3,(H,24,25,28). The molecule has 1 N–H and O–H groups in total. The fourth-order valence-electron chi connectivity index (χ4n) is 3.53. The van der Waals surface area contributed by atoms with E-state index < -0.39 is 24.4 Å². The second-order valence-electron chi connectivity index (χ2n) is 8.67. The van der Waals surface area contributed by atoms with E-state index in [1.807, 2.05) is 33.8 Å². The fraction of sp³-hybridized carbons (Fsp3) is 0.500. The minimum atomic E-state index is -0.501. The lowest BCUT2D eigenvalue weighted by molar-refractivity contribution is -0.135. The van der Waals surface area contributed by atoms with Crippen LogP contribution >= 0.6 is 0 Å². The van der Waals surface area contributed by atoms with E-state index >= 15 is 0 Å². The van der Waals surface area contributed by atoms with Gasteiger partial charge in [0, 0.05) is 24.6 Å². The van der Waals surface area contributed by atoms with E-state index in [0.29, 0.717) is 18.8 Å². The lowest BCUT2D eigenvalue weighted by Gasteiger charge is -2.32. The number of carbonyl (C=O) groups is 2. The largest absolute Gasteiger partial charge is 0.496 e. The fourth-order valence-corrected chi connectivity index (χ4v) is 3.53. The number of aromatic nitrogens is 1. The normalized spacial score (nSPS) is 22.5. The number of hydrogen-bond donors (Lipinski definition) is 1. The summed E-state index contributed by atoms with van der Waals surface area (Å²) in [5.41, 5.74) is -0.0633. The lowest BCUT2D eigenvalue weighted by Crippen LogP contribution is -2.43. The monoisotopic (exact) mass is 411 g/mol. The SMILES string of the molecule is C=CC=CCC(=O)N1CCCC1C(=O)Nc1ccc(B2OC(C)(C)C(C)(C)O2)cn1. The van der Waals surface area contributed by atoms with Crippen molar-refractivity contribution in [1.29, 1.82) is 0 Å². The summed E-state index contributed by atoms with van der Waals surface area (Å²) in [5.74, 6) is 0.158. The summed E-state index contributed by atoms with van der Waals surface area (Å²) in [6.07, 6.45) is 8.47. The molecule has 160 valence electrons. The van der Waals surface area contributed by atoms with Gasteiger partial charge in [-0.1, -0.05) is 30.9 Å². The number of nitrogens with one attached hydrogen (secondary N) is 1. The number of anilines is 1. The van der Waals surface area contributed by atoms with Crippen molar-refractivity contribution in [3.63, 3.8) is 0 Å². The maximum absolute atomic E-state index is 12.7. The van der Waals surface area contributed by atoms with Gasteiger partial charge in [-0.15, -0.1) is 0 Å². The summed E-state index contributed by atoms with van der Waals surface area (Å²) in [4.78, 5) is 31.1. The van der Waals surface area contributed by atoms with Crippen LogP contribution in [0.1, 0.15) is 47.0 Å². The summed E-state index contributed by atoms with van der Waals surface area (Å²) in [6, 6.07) is 3.09. The van der Waals surface area contributed by atoms with Crippen LogP contribution in [-0.4, -0.2) is 52.6 Å². The maximum Gasteiger partial charge on any atom is 0.496 e. The summed E-state index contributed by atoms with van der Waals surface area (Å²) >= 11 is 0. The highest BCUT2D eigenvalue weighted by atomic mass is 16.7. The van der Waals surface area contributed by atoms with Gasteiger partial charge in [0.25, 0.3) is 0 Å². The second kappa shape index (κ2) is 8.74. The highest BCUT2D eigenvalue weighted by Crippen LogP contribution is 2.36. The van der Waals surface area contributed by atoms with Crippen molar-refractivity contribution in [2.24, 2.45) is 0 Å². The zero-order chi connectivity index (χ0) is 21.9. The Balaban J connectivity index is 1.61. The highest BCUT2D eigenvalue weighted by Gasteiger charge is 2.51. The zero-order valence-electron chi connectivity index (χ0n) is 18.2. The van der Waals surface area contributed by atoms with Gasteiger partial charge in [0.05, 0.1) is 11.2 Å². The molecule has 2 amide bonds. The van der Waals surface area contributed by atoms with Crippen LogP contribution in [0, 0.1) is 0 Å². The van der Waals surface area contributed by atoms with Crippen LogP contribution in [0.25, 0.3) is 0 Å². The summed E-state index contributed by atoms with van der Waals surface area (Å²) in [5, 5.41) is 2.83. The first-order valence-electron chi connectivity index (χ1n) is 10.3. The lowest BCUT2D eigenvalue weighted by atomic mass is 9.80. The average molecular weight is 411 g/mol. The molecule has 30 heavy (non-hydrogen) atoms. The zero-order valence-corrected chi connectivity index (χ0v) is 18.2. The van der Waals surface area contributed by atoms with Crippen molar-refractivity contribution in [2.45, 2.75) is 64.2 Å². The molecule has 0 radical (unpaired) electrons. The predicted octanol–water partition coefficient (Wildman–Crippen LogP) is 2.44. The van der Waals surface area contributed by atoms with Gasteiger partial charge in [-0.2, -0.15) is 0 Å². The molecule has 0 bridgehead atoms. The van der Waals surface area contributed by atoms with E-state index in [1.165, 1.54) is 0 Å².